The number of benzene rings is 4. The minimum atomic E-state index is -0.199. The predicted octanol–water partition coefficient (Wildman–Crippen LogP) is 10.2. The van der Waals surface area contributed by atoms with E-state index in [9.17, 15) is 20.4 Å². The molecular formula is C43H54O5. The summed E-state index contributed by atoms with van der Waals surface area (Å²) in [5.74, 6) is 1.07. The molecule has 4 N–H and O–H groups in total. The first-order valence-corrected chi connectivity index (χ1v) is 17.3. The Labute approximate surface area is 287 Å². The van der Waals surface area contributed by atoms with E-state index in [1.165, 1.54) is 0 Å². The van der Waals surface area contributed by atoms with Crippen molar-refractivity contribution in [1.29, 1.82) is 0 Å². The van der Waals surface area contributed by atoms with Gasteiger partial charge in [-0.25, -0.2) is 0 Å². The molecule has 0 unspecified atom stereocenters. The van der Waals surface area contributed by atoms with Gasteiger partial charge in [0.05, 0.1) is 13.2 Å². The molecule has 1 aliphatic rings. The molecule has 0 radical (unpaired) electrons. The van der Waals surface area contributed by atoms with E-state index in [-0.39, 0.29) is 58.9 Å². The van der Waals surface area contributed by atoms with Gasteiger partial charge in [0.1, 0.15) is 23.0 Å². The van der Waals surface area contributed by atoms with E-state index in [1.807, 2.05) is 48.5 Å². The van der Waals surface area contributed by atoms with Crippen molar-refractivity contribution in [2.45, 2.75) is 124 Å². The van der Waals surface area contributed by atoms with Gasteiger partial charge in [0.2, 0.25) is 0 Å². The topological polar surface area (TPSA) is 90.2 Å². The molecule has 256 valence electrons. The molecule has 0 amide bonds. The van der Waals surface area contributed by atoms with Crippen molar-refractivity contribution in [2.24, 2.45) is 0 Å². The number of phenols is 4. The number of aromatic hydroxyl groups is 4. The molecule has 0 aliphatic carbocycles. The molecular weight excluding hydrogens is 596 g/mol. The molecule has 1 heterocycles. The van der Waals surface area contributed by atoms with Crippen molar-refractivity contribution < 1.29 is 25.2 Å². The van der Waals surface area contributed by atoms with Crippen LogP contribution in [-0.2, 0) is 48.0 Å². The molecule has 0 fully saturated rings. The van der Waals surface area contributed by atoms with Crippen LogP contribution in [0.1, 0.15) is 148 Å². The fraction of sp³-hybridized carbons (Fsp3) is 0.442. The van der Waals surface area contributed by atoms with E-state index < -0.39 is 0 Å². The SMILES string of the molecule is CC(C)c1cc2c(O)c(c1)Cc1cc(C(C)(C)C)cc(c1O)Cc1cc(C(C)C)cc(c1O)Cc1cc(C(C)(C)C)cc(c1O)COC2. The second-order valence-corrected chi connectivity index (χ2v) is 16.5. The van der Waals surface area contributed by atoms with Crippen LogP contribution in [0.4, 0.5) is 0 Å². The molecule has 5 rings (SSSR count). The van der Waals surface area contributed by atoms with Gasteiger partial charge in [-0.15, -0.1) is 0 Å². The Balaban J connectivity index is 1.80. The van der Waals surface area contributed by atoms with Gasteiger partial charge in [-0.1, -0.05) is 106 Å². The van der Waals surface area contributed by atoms with E-state index in [4.69, 9.17) is 4.74 Å². The largest absolute Gasteiger partial charge is 0.507 e. The highest BCUT2D eigenvalue weighted by molar-refractivity contribution is 5.56. The smallest absolute Gasteiger partial charge is 0.124 e. The summed E-state index contributed by atoms with van der Waals surface area (Å²) < 4.78 is 6.25. The first-order valence-electron chi connectivity index (χ1n) is 17.3. The van der Waals surface area contributed by atoms with Crippen molar-refractivity contribution in [2.75, 3.05) is 0 Å². The van der Waals surface area contributed by atoms with Crippen molar-refractivity contribution >= 4 is 0 Å². The summed E-state index contributed by atoms with van der Waals surface area (Å²) in [6.45, 7) is 21.7. The van der Waals surface area contributed by atoms with E-state index in [1.54, 1.807) is 0 Å². The van der Waals surface area contributed by atoms with Crippen LogP contribution in [0.2, 0.25) is 0 Å². The van der Waals surface area contributed by atoms with Gasteiger partial charge in [0.25, 0.3) is 0 Å². The van der Waals surface area contributed by atoms with E-state index >= 15 is 0 Å². The molecule has 0 saturated heterocycles. The average Bonchev–Trinajstić information content (AvgIpc) is 2.98. The van der Waals surface area contributed by atoms with Gasteiger partial charge >= 0.3 is 0 Å². The number of rotatable bonds is 2. The number of ether oxygens (including phenoxy) is 1. The van der Waals surface area contributed by atoms with Crippen molar-refractivity contribution in [1.82, 2.24) is 0 Å². The predicted molar refractivity (Wildman–Crippen MR) is 195 cm³/mol. The first-order chi connectivity index (χ1) is 22.3. The Morgan fingerprint density at radius 3 is 1.00 bits per heavy atom. The second kappa shape index (κ2) is 13.2. The first kappa shape index (κ1) is 35.3. The minimum absolute atomic E-state index is 0.154. The van der Waals surface area contributed by atoms with E-state index in [0.717, 1.165) is 55.6 Å². The van der Waals surface area contributed by atoms with Crippen LogP contribution in [0, 0.1) is 0 Å². The highest BCUT2D eigenvalue weighted by atomic mass is 16.5. The highest BCUT2D eigenvalue weighted by Gasteiger charge is 2.25. The molecule has 4 aromatic carbocycles. The van der Waals surface area contributed by atoms with Gasteiger partial charge in [0, 0.05) is 30.4 Å². The maximum atomic E-state index is 11.8. The lowest BCUT2D eigenvalue weighted by atomic mass is 9.82. The summed E-state index contributed by atoms with van der Waals surface area (Å²) >= 11 is 0. The minimum Gasteiger partial charge on any atom is -0.507 e. The van der Waals surface area contributed by atoms with Gasteiger partial charge in [-0.3, -0.25) is 0 Å². The molecule has 5 nitrogen and oxygen atoms in total. The third-order valence-electron chi connectivity index (χ3n) is 9.84. The normalized spacial score (nSPS) is 14.2. The Hall–Kier alpha value is -3.96. The summed E-state index contributed by atoms with van der Waals surface area (Å²) in [4.78, 5) is 0. The summed E-state index contributed by atoms with van der Waals surface area (Å²) in [6, 6.07) is 16.2. The van der Waals surface area contributed by atoms with Gasteiger partial charge in [0.15, 0.2) is 0 Å². The summed E-state index contributed by atoms with van der Waals surface area (Å²) in [5.41, 5.74) is 9.61. The lowest BCUT2D eigenvalue weighted by Crippen LogP contribution is -2.13. The van der Waals surface area contributed by atoms with Gasteiger partial charge in [-0.2, -0.15) is 0 Å². The van der Waals surface area contributed by atoms with Crippen LogP contribution >= 0.6 is 0 Å². The molecule has 48 heavy (non-hydrogen) atoms. The summed E-state index contributed by atoms with van der Waals surface area (Å²) in [6.07, 6.45) is 1.00. The summed E-state index contributed by atoms with van der Waals surface area (Å²) in [7, 11) is 0. The van der Waals surface area contributed by atoms with Crippen LogP contribution in [0.5, 0.6) is 23.0 Å². The highest BCUT2D eigenvalue weighted by Crippen LogP contribution is 2.41. The van der Waals surface area contributed by atoms with Crippen molar-refractivity contribution in [3.63, 3.8) is 0 Å². The van der Waals surface area contributed by atoms with Crippen molar-refractivity contribution in [3.05, 3.63) is 115 Å². The van der Waals surface area contributed by atoms with Crippen LogP contribution in [0.15, 0.2) is 48.5 Å². The molecule has 1 aliphatic heterocycles. The number of hydrogen-bond acceptors (Lipinski definition) is 5. The van der Waals surface area contributed by atoms with E-state index in [2.05, 4.69) is 69.2 Å². The fourth-order valence-electron chi connectivity index (χ4n) is 6.54. The maximum absolute atomic E-state index is 11.8. The zero-order valence-electron chi connectivity index (χ0n) is 30.5. The second-order valence-electron chi connectivity index (χ2n) is 16.5. The van der Waals surface area contributed by atoms with Crippen molar-refractivity contribution in [3.8, 4) is 23.0 Å². The number of phenolic OH excluding ortho intramolecular Hbond substituents is 4. The average molecular weight is 651 g/mol. The van der Waals surface area contributed by atoms with Crippen LogP contribution in [0.3, 0.4) is 0 Å². The van der Waals surface area contributed by atoms with E-state index in [0.29, 0.717) is 30.4 Å². The Kier molecular flexibility index (Phi) is 9.69. The molecule has 4 aromatic rings. The molecule has 5 heteroatoms. The lowest BCUT2D eigenvalue weighted by molar-refractivity contribution is 0.103. The van der Waals surface area contributed by atoms with Gasteiger partial charge < -0.3 is 25.2 Å². The Morgan fingerprint density at radius 1 is 0.438 bits per heavy atom. The summed E-state index contributed by atoms with van der Waals surface area (Å²) in [5, 5.41) is 46.9. The third-order valence-corrected chi connectivity index (χ3v) is 9.84. The molecule has 0 atom stereocenters. The molecule has 0 spiro atoms. The van der Waals surface area contributed by atoms with Crippen LogP contribution < -0.4 is 0 Å². The van der Waals surface area contributed by atoms with Crippen LogP contribution in [-0.4, -0.2) is 20.4 Å². The number of fused-ring (bicyclic) bond motifs is 8. The maximum Gasteiger partial charge on any atom is 0.124 e. The Morgan fingerprint density at radius 2 is 0.688 bits per heavy atom. The fourth-order valence-corrected chi connectivity index (χ4v) is 6.54. The molecule has 8 bridgehead atoms. The molecule has 0 saturated carbocycles. The quantitative estimate of drug-likeness (QED) is 0.173. The zero-order valence-corrected chi connectivity index (χ0v) is 30.5. The zero-order chi connectivity index (χ0) is 35.3. The monoisotopic (exact) mass is 650 g/mol. The third kappa shape index (κ3) is 7.37. The molecule has 0 aromatic heterocycles. The lowest BCUT2D eigenvalue weighted by Gasteiger charge is -2.24. The van der Waals surface area contributed by atoms with Gasteiger partial charge in [-0.05, 0) is 90.4 Å². The Bertz CT molecular complexity index is 1830. The van der Waals surface area contributed by atoms with Crippen LogP contribution in [0.25, 0.3) is 0 Å². The standard InChI is InChI=1S/C43H54O5/c1-24(2)26-11-28-15-31-18-36(42(5,6)7)19-32(39(31)45)17-30-13-27(25(3)4)14-34(40(30)46)22-48-23-35-21-37(43(8,9)10)20-33(41(35)47)16-29(12-26)38(28)44/h11-14,18-21,24-25,44-47H,15-17,22-23H2,1-10H3. The number of hydrogen-bond donors (Lipinski definition) is 4.